The summed E-state index contributed by atoms with van der Waals surface area (Å²) >= 11 is 0. The van der Waals surface area contributed by atoms with Gasteiger partial charge in [-0.05, 0) is 6.92 Å². The summed E-state index contributed by atoms with van der Waals surface area (Å²) in [6.45, 7) is 2.04. The molecular formula is C8H12N2O3. The molecule has 0 fully saturated rings. The van der Waals surface area contributed by atoms with Crippen molar-refractivity contribution in [2.75, 3.05) is 6.61 Å². The molecule has 13 heavy (non-hydrogen) atoms. The van der Waals surface area contributed by atoms with Crippen LogP contribution in [0.2, 0.25) is 0 Å². The van der Waals surface area contributed by atoms with Gasteiger partial charge < -0.3 is 14.4 Å². The van der Waals surface area contributed by atoms with Crippen LogP contribution < -0.4 is 0 Å². The highest BCUT2D eigenvalue weighted by Gasteiger charge is 2.06. The summed E-state index contributed by atoms with van der Waals surface area (Å²) in [5.41, 5.74) is 0. The van der Waals surface area contributed by atoms with Crippen molar-refractivity contribution in [3.63, 3.8) is 0 Å². The number of aromatic nitrogens is 2. The molecule has 1 heterocycles. The van der Waals surface area contributed by atoms with E-state index in [1.54, 1.807) is 17.7 Å². The number of carbonyl (C=O) groups excluding carboxylic acids is 1. The predicted molar refractivity (Wildman–Crippen MR) is 44.8 cm³/mol. The second-order valence-electron chi connectivity index (χ2n) is 2.43. The fourth-order valence-electron chi connectivity index (χ4n) is 0.981. The van der Waals surface area contributed by atoms with E-state index in [1.807, 2.05) is 0 Å². The van der Waals surface area contributed by atoms with Crippen LogP contribution in [0.25, 0.3) is 0 Å². The molecule has 0 saturated carbocycles. The van der Waals surface area contributed by atoms with E-state index in [0.29, 0.717) is 12.4 Å². The predicted octanol–water partition coefficient (Wildman–Crippen LogP) is -0.0615. The third kappa shape index (κ3) is 2.55. The molecule has 1 rings (SSSR count). The van der Waals surface area contributed by atoms with Crippen molar-refractivity contribution in [3.05, 3.63) is 18.2 Å². The smallest absolute Gasteiger partial charge is 0.325 e. The highest BCUT2D eigenvalue weighted by atomic mass is 16.5. The monoisotopic (exact) mass is 184 g/mol. The molecule has 0 radical (unpaired) electrons. The second kappa shape index (κ2) is 4.61. The molecule has 0 unspecified atom stereocenters. The maximum Gasteiger partial charge on any atom is 0.325 e. The Labute approximate surface area is 76.0 Å². The molecule has 0 bridgehead atoms. The first-order valence-corrected chi connectivity index (χ1v) is 4.04. The average molecular weight is 184 g/mol. The van der Waals surface area contributed by atoms with Gasteiger partial charge in [0.2, 0.25) is 0 Å². The Kier molecular flexibility index (Phi) is 3.45. The maximum absolute atomic E-state index is 11.0. The van der Waals surface area contributed by atoms with Crippen molar-refractivity contribution >= 4 is 5.97 Å². The standard InChI is InChI=1S/C8H12N2O3/c1-2-13-8(12)5-10-4-3-9-7(10)6-11/h3-4,11H,2,5-6H2,1H3. The molecule has 0 atom stereocenters. The molecule has 5 nitrogen and oxygen atoms in total. The van der Waals surface area contributed by atoms with Gasteiger partial charge in [-0.25, -0.2) is 4.98 Å². The Balaban J connectivity index is 2.57. The molecule has 72 valence electrons. The highest BCUT2D eigenvalue weighted by molar-refractivity contribution is 5.69. The van der Waals surface area contributed by atoms with Gasteiger partial charge in [0.1, 0.15) is 19.0 Å². The average Bonchev–Trinajstić information content (AvgIpc) is 2.52. The van der Waals surface area contributed by atoms with Crippen LogP contribution >= 0.6 is 0 Å². The third-order valence-electron chi connectivity index (χ3n) is 1.55. The van der Waals surface area contributed by atoms with Crippen molar-refractivity contribution in [3.8, 4) is 0 Å². The van der Waals surface area contributed by atoms with Crippen LogP contribution in [0, 0.1) is 0 Å². The molecule has 0 saturated heterocycles. The quantitative estimate of drug-likeness (QED) is 0.666. The Bertz CT molecular complexity index is 283. The zero-order valence-electron chi connectivity index (χ0n) is 7.43. The van der Waals surface area contributed by atoms with Crippen LogP contribution in [0.1, 0.15) is 12.7 Å². The van der Waals surface area contributed by atoms with Crippen LogP contribution in [0.5, 0.6) is 0 Å². The molecule has 1 aromatic rings. The van der Waals surface area contributed by atoms with Gasteiger partial charge in [-0.3, -0.25) is 4.79 Å². The first-order chi connectivity index (χ1) is 6.27. The Morgan fingerprint density at radius 1 is 1.77 bits per heavy atom. The minimum absolute atomic E-state index is 0.101. The van der Waals surface area contributed by atoms with Crippen LogP contribution in [-0.2, 0) is 22.7 Å². The molecule has 0 amide bonds. The number of nitrogens with zero attached hydrogens (tertiary/aromatic N) is 2. The molecule has 0 aliphatic rings. The van der Waals surface area contributed by atoms with Gasteiger partial charge in [-0.2, -0.15) is 0 Å². The SMILES string of the molecule is CCOC(=O)Cn1ccnc1CO. The molecule has 0 aliphatic carbocycles. The number of esters is 1. The van der Waals surface area contributed by atoms with Crippen molar-refractivity contribution in [1.82, 2.24) is 9.55 Å². The topological polar surface area (TPSA) is 64.4 Å². The number of aliphatic hydroxyl groups excluding tert-OH is 1. The Morgan fingerprint density at radius 3 is 3.15 bits per heavy atom. The van der Waals surface area contributed by atoms with E-state index in [2.05, 4.69) is 4.98 Å². The largest absolute Gasteiger partial charge is 0.465 e. The van der Waals surface area contributed by atoms with Crippen LogP contribution in [-0.4, -0.2) is 27.2 Å². The van der Waals surface area contributed by atoms with Gasteiger partial charge in [0.15, 0.2) is 0 Å². The van der Waals surface area contributed by atoms with Gasteiger partial charge in [-0.15, -0.1) is 0 Å². The number of imidazole rings is 1. The normalized spacial score (nSPS) is 10.0. The van der Waals surface area contributed by atoms with E-state index < -0.39 is 0 Å². The first kappa shape index (κ1) is 9.73. The minimum Gasteiger partial charge on any atom is -0.465 e. The fourth-order valence-corrected chi connectivity index (χ4v) is 0.981. The zero-order chi connectivity index (χ0) is 9.68. The summed E-state index contributed by atoms with van der Waals surface area (Å²) in [5.74, 6) is 0.142. The van der Waals surface area contributed by atoms with Crippen molar-refractivity contribution < 1.29 is 14.6 Å². The van der Waals surface area contributed by atoms with Crippen molar-refractivity contribution in [2.24, 2.45) is 0 Å². The third-order valence-corrected chi connectivity index (χ3v) is 1.55. The number of carbonyl (C=O) groups is 1. The summed E-state index contributed by atoms with van der Waals surface area (Å²) in [4.78, 5) is 14.9. The first-order valence-electron chi connectivity index (χ1n) is 4.04. The molecule has 0 spiro atoms. The zero-order valence-corrected chi connectivity index (χ0v) is 7.43. The van der Waals surface area contributed by atoms with Gasteiger partial charge >= 0.3 is 5.97 Å². The van der Waals surface area contributed by atoms with Crippen LogP contribution in [0.4, 0.5) is 0 Å². The van der Waals surface area contributed by atoms with Crippen LogP contribution in [0.15, 0.2) is 12.4 Å². The van der Waals surface area contributed by atoms with E-state index in [9.17, 15) is 4.79 Å². The van der Waals surface area contributed by atoms with Gasteiger partial charge in [0, 0.05) is 12.4 Å². The molecule has 1 aromatic heterocycles. The highest BCUT2D eigenvalue weighted by Crippen LogP contribution is 1.97. The maximum atomic E-state index is 11.0. The van der Waals surface area contributed by atoms with E-state index in [0.717, 1.165) is 0 Å². The summed E-state index contributed by atoms with van der Waals surface area (Å²) in [5, 5.41) is 8.81. The molecule has 1 N–H and O–H groups in total. The number of hydrogen-bond acceptors (Lipinski definition) is 4. The fraction of sp³-hybridized carbons (Fsp3) is 0.500. The van der Waals surface area contributed by atoms with Crippen LogP contribution in [0.3, 0.4) is 0 Å². The number of hydrogen-bond donors (Lipinski definition) is 1. The summed E-state index contributed by atoms with van der Waals surface area (Å²) in [7, 11) is 0. The van der Waals surface area contributed by atoms with Crippen molar-refractivity contribution in [1.29, 1.82) is 0 Å². The lowest BCUT2D eigenvalue weighted by atomic mass is 10.5. The summed E-state index contributed by atoms with van der Waals surface area (Å²) < 4.78 is 6.30. The van der Waals surface area contributed by atoms with Gasteiger partial charge in [0.25, 0.3) is 0 Å². The summed E-state index contributed by atoms with van der Waals surface area (Å²) in [6, 6.07) is 0. The van der Waals surface area contributed by atoms with Crippen molar-refractivity contribution in [2.45, 2.75) is 20.1 Å². The molecule has 5 heteroatoms. The second-order valence-corrected chi connectivity index (χ2v) is 2.43. The molecule has 0 aromatic carbocycles. The number of aliphatic hydroxyl groups is 1. The minimum atomic E-state index is -0.324. The summed E-state index contributed by atoms with van der Waals surface area (Å²) in [6.07, 6.45) is 3.16. The Hall–Kier alpha value is -1.36. The lowest BCUT2D eigenvalue weighted by Crippen LogP contribution is -2.14. The van der Waals surface area contributed by atoms with Gasteiger partial charge in [0.05, 0.1) is 6.61 Å². The number of rotatable bonds is 4. The Morgan fingerprint density at radius 2 is 2.54 bits per heavy atom. The van der Waals surface area contributed by atoms with Gasteiger partial charge in [-0.1, -0.05) is 0 Å². The van der Waals surface area contributed by atoms with E-state index in [1.165, 1.54) is 6.20 Å². The van der Waals surface area contributed by atoms with E-state index >= 15 is 0 Å². The number of ether oxygens (including phenoxy) is 1. The van der Waals surface area contributed by atoms with E-state index in [-0.39, 0.29) is 19.1 Å². The molecule has 0 aliphatic heterocycles. The lowest BCUT2D eigenvalue weighted by molar-refractivity contribution is -0.143. The van der Waals surface area contributed by atoms with E-state index in [4.69, 9.17) is 9.84 Å². The molecular weight excluding hydrogens is 172 g/mol. The lowest BCUT2D eigenvalue weighted by Gasteiger charge is -2.04.